The predicted octanol–water partition coefficient (Wildman–Crippen LogP) is 3.77. The maximum atomic E-state index is 11.8. The molecule has 1 heterocycles. The van der Waals surface area contributed by atoms with Crippen molar-refractivity contribution in [1.29, 1.82) is 0 Å². The lowest BCUT2D eigenvalue weighted by Gasteiger charge is -2.33. The summed E-state index contributed by atoms with van der Waals surface area (Å²) in [6.07, 6.45) is 2.14. The van der Waals surface area contributed by atoms with E-state index < -0.39 is 21.1 Å². The molecule has 8 nitrogen and oxygen atoms in total. The van der Waals surface area contributed by atoms with Gasteiger partial charge in [0.2, 0.25) is 5.09 Å². The van der Waals surface area contributed by atoms with Crippen LogP contribution in [0.15, 0.2) is 51.0 Å². The fraction of sp³-hybridized carbons (Fsp3) is 0.429. The molecule has 0 bridgehead atoms. The molecule has 0 radical (unpaired) electrons. The Kier molecular flexibility index (Phi) is 7.10. The summed E-state index contributed by atoms with van der Waals surface area (Å²) < 4.78 is 41.0. The van der Waals surface area contributed by atoms with Gasteiger partial charge in [-0.2, -0.15) is 13.5 Å². The summed E-state index contributed by atoms with van der Waals surface area (Å²) in [6.45, 7) is 10.8. The lowest BCUT2D eigenvalue weighted by atomic mass is 9.72. The molecule has 0 saturated carbocycles. The molecule has 0 saturated heterocycles. The molecule has 1 aromatic heterocycles. The van der Waals surface area contributed by atoms with Crippen molar-refractivity contribution >= 4 is 22.2 Å². The van der Waals surface area contributed by atoms with E-state index in [1.807, 2.05) is 24.3 Å². The van der Waals surface area contributed by atoms with E-state index in [0.717, 1.165) is 18.7 Å². The van der Waals surface area contributed by atoms with E-state index in [-0.39, 0.29) is 23.2 Å². The minimum absolute atomic E-state index is 0.0178. The van der Waals surface area contributed by atoms with E-state index in [0.29, 0.717) is 5.75 Å². The third-order valence-corrected chi connectivity index (χ3v) is 4.94. The zero-order valence-electron chi connectivity index (χ0n) is 17.8. The number of benzene rings is 1. The van der Waals surface area contributed by atoms with Crippen LogP contribution < -0.4 is 10.2 Å². The normalized spacial score (nSPS) is 12.9. The van der Waals surface area contributed by atoms with Gasteiger partial charge >= 0.3 is 10.1 Å². The number of rotatable bonds is 8. The summed E-state index contributed by atoms with van der Waals surface area (Å²) in [4.78, 5) is 11.8. The molecule has 0 fully saturated rings. The van der Waals surface area contributed by atoms with Crippen molar-refractivity contribution in [3.8, 4) is 5.75 Å². The lowest BCUT2D eigenvalue weighted by Crippen LogP contribution is -2.25. The van der Waals surface area contributed by atoms with Crippen LogP contribution in [-0.4, -0.2) is 31.7 Å². The quantitative estimate of drug-likeness (QED) is 0.369. The zero-order chi connectivity index (χ0) is 22.6. The summed E-state index contributed by atoms with van der Waals surface area (Å²) in [6, 6.07) is 10.0. The van der Waals surface area contributed by atoms with Crippen molar-refractivity contribution in [2.45, 2.75) is 51.5 Å². The molecule has 164 valence electrons. The molecule has 2 N–H and O–H groups in total. The van der Waals surface area contributed by atoms with Gasteiger partial charge in [0, 0.05) is 0 Å². The van der Waals surface area contributed by atoms with Crippen molar-refractivity contribution in [3.05, 3.63) is 47.7 Å². The maximum absolute atomic E-state index is 11.8. The first-order valence-electron chi connectivity index (χ1n) is 9.39. The second kappa shape index (κ2) is 9.01. The Hall–Kier alpha value is -2.65. The molecule has 0 aliphatic rings. The van der Waals surface area contributed by atoms with E-state index in [9.17, 15) is 13.2 Å². The summed E-state index contributed by atoms with van der Waals surface area (Å²) in [5.41, 5.74) is 3.67. The second-order valence-electron chi connectivity index (χ2n) is 8.86. The molecule has 2 aromatic rings. The van der Waals surface area contributed by atoms with Crippen LogP contribution in [0.1, 0.15) is 52.4 Å². The van der Waals surface area contributed by atoms with Crippen LogP contribution in [0.3, 0.4) is 0 Å². The van der Waals surface area contributed by atoms with Crippen LogP contribution in [0.5, 0.6) is 5.75 Å². The number of hydrogen-bond acceptors (Lipinski definition) is 6. The largest absolute Gasteiger partial charge is 0.484 e. The fourth-order valence-electron chi connectivity index (χ4n) is 3.32. The van der Waals surface area contributed by atoms with Gasteiger partial charge in [0.1, 0.15) is 11.5 Å². The maximum Gasteiger partial charge on any atom is 0.328 e. The van der Waals surface area contributed by atoms with Crippen LogP contribution in [-0.2, 0) is 20.3 Å². The number of nitrogens with one attached hydrogen (secondary N) is 1. The van der Waals surface area contributed by atoms with Gasteiger partial charge in [-0.3, -0.25) is 9.35 Å². The zero-order valence-corrected chi connectivity index (χ0v) is 18.6. The van der Waals surface area contributed by atoms with E-state index >= 15 is 0 Å². The van der Waals surface area contributed by atoms with Gasteiger partial charge < -0.3 is 9.15 Å². The Labute approximate surface area is 177 Å². The molecule has 2 rings (SSSR count). The van der Waals surface area contributed by atoms with Crippen molar-refractivity contribution in [2.24, 2.45) is 10.5 Å². The molecule has 0 spiro atoms. The third kappa shape index (κ3) is 7.31. The summed E-state index contributed by atoms with van der Waals surface area (Å²) in [5.74, 6) is 0.121. The van der Waals surface area contributed by atoms with Gasteiger partial charge in [-0.05, 0) is 47.1 Å². The smallest absolute Gasteiger partial charge is 0.328 e. The molecule has 1 amide bonds. The van der Waals surface area contributed by atoms with E-state index in [1.54, 1.807) is 0 Å². The highest BCUT2D eigenvalue weighted by Crippen LogP contribution is 2.36. The van der Waals surface area contributed by atoms with Crippen LogP contribution in [0.2, 0.25) is 0 Å². The first-order chi connectivity index (χ1) is 13.8. The Morgan fingerprint density at radius 2 is 1.77 bits per heavy atom. The summed E-state index contributed by atoms with van der Waals surface area (Å²) >= 11 is 0. The molecule has 0 atom stereocenters. The molecule has 0 aliphatic carbocycles. The van der Waals surface area contributed by atoms with Crippen molar-refractivity contribution in [3.63, 3.8) is 0 Å². The minimum Gasteiger partial charge on any atom is -0.484 e. The van der Waals surface area contributed by atoms with E-state index in [4.69, 9.17) is 13.7 Å². The van der Waals surface area contributed by atoms with Crippen molar-refractivity contribution < 1.29 is 26.9 Å². The molecular weight excluding hydrogens is 408 g/mol. The molecular formula is C21H28N2O6S. The average molecular weight is 437 g/mol. The number of hydrogen-bond donors (Lipinski definition) is 2. The van der Waals surface area contributed by atoms with Gasteiger partial charge in [0.15, 0.2) is 6.61 Å². The first-order valence-corrected chi connectivity index (χ1v) is 10.8. The van der Waals surface area contributed by atoms with E-state index in [1.165, 1.54) is 11.6 Å². The highest BCUT2D eigenvalue weighted by atomic mass is 32.2. The van der Waals surface area contributed by atoms with E-state index in [2.05, 4.69) is 45.1 Å². The van der Waals surface area contributed by atoms with Gasteiger partial charge in [0.05, 0.1) is 6.21 Å². The standard InChI is InChI=1S/C21H28N2O6S/c1-20(2,3)14-21(4,5)15-6-8-16(9-7-15)28-13-18(24)23-22-12-17-10-11-19(29-17)30(25,26)27/h6-12H,13-14H2,1-5H3,(H,23,24)(H,25,26,27). The Morgan fingerprint density at radius 3 is 2.30 bits per heavy atom. The van der Waals surface area contributed by atoms with Crippen LogP contribution in [0.25, 0.3) is 0 Å². The second-order valence-corrected chi connectivity index (χ2v) is 10.2. The van der Waals surface area contributed by atoms with Gasteiger partial charge in [0.25, 0.3) is 5.91 Å². The highest BCUT2D eigenvalue weighted by Gasteiger charge is 2.27. The predicted molar refractivity (Wildman–Crippen MR) is 113 cm³/mol. The molecule has 9 heteroatoms. The number of carbonyl (C=O) groups is 1. The fourth-order valence-corrected chi connectivity index (χ4v) is 3.76. The Balaban J connectivity index is 1.85. The summed E-state index contributed by atoms with van der Waals surface area (Å²) in [7, 11) is -4.42. The number of amides is 1. The summed E-state index contributed by atoms with van der Waals surface area (Å²) in [5, 5.41) is 3.05. The van der Waals surface area contributed by atoms with Gasteiger partial charge in [-0.25, -0.2) is 5.43 Å². The monoisotopic (exact) mass is 436 g/mol. The van der Waals surface area contributed by atoms with Crippen LogP contribution in [0, 0.1) is 5.41 Å². The molecule has 0 unspecified atom stereocenters. The number of hydrazone groups is 1. The number of carbonyl (C=O) groups excluding carboxylic acids is 1. The Morgan fingerprint density at radius 1 is 1.13 bits per heavy atom. The topological polar surface area (TPSA) is 118 Å². The van der Waals surface area contributed by atoms with Gasteiger partial charge in [-0.1, -0.05) is 46.8 Å². The van der Waals surface area contributed by atoms with Crippen LogP contribution >= 0.6 is 0 Å². The number of nitrogens with zero attached hydrogens (tertiary/aromatic N) is 1. The highest BCUT2D eigenvalue weighted by molar-refractivity contribution is 7.85. The lowest BCUT2D eigenvalue weighted by molar-refractivity contribution is -0.123. The molecule has 0 aliphatic heterocycles. The SMILES string of the molecule is CC(C)(C)CC(C)(C)c1ccc(OCC(=O)NN=Cc2ccc(S(=O)(=O)O)o2)cc1. The third-order valence-electron chi connectivity index (χ3n) is 4.22. The number of ether oxygens (including phenoxy) is 1. The van der Waals surface area contributed by atoms with Crippen molar-refractivity contribution in [1.82, 2.24) is 5.43 Å². The Bertz CT molecular complexity index is 999. The van der Waals surface area contributed by atoms with Gasteiger partial charge in [-0.15, -0.1) is 0 Å². The average Bonchev–Trinajstić information content (AvgIpc) is 3.07. The van der Waals surface area contributed by atoms with Crippen molar-refractivity contribution in [2.75, 3.05) is 6.61 Å². The molecule has 1 aromatic carbocycles. The van der Waals surface area contributed by atoms with Crippen LogP contribution in [0.4, 0.5) is 0 Å². The molecule has 30 heavy (non-hydrogen) atoms. The number of furan rings is 1. The minimum atomic E-state index is -4.42. The first kappa shape index (κ1) is 23.6.